The van der Waals surface area contributed by atoms with E-state index < -0.39 is 0 Å². The monoisotopic (exact) mass is 259 g/mol. The van der Waals surface area contributed by atoms with E-state index in [0.717, 1.165) is 21.8 Å². The predicted octanol–water partition coefficient (Wildman–Crippen LogP) is 3.47. The summed E-state index contributed by atoms with van der Waals surface area (Å²) in [5, 5.41) is 12.9. The second-order valence-electron chi connectivity index (χ2n) is 4.25. The lowest BCUT2D eigenvalue weighted by Crippen LogP contribution is -1.99. The number of nitrogens with one attached hydrogen (secondary N) is 1. The Bertz CT molecular complexity index is 608. The van der Waals surface area contributed by atoms with Gasteiger partial charge >= 0.3 is 0 Å². The molecule has 92 valence electrons. The van der Waals surface area contributed by atoms with Crippen molar-refractivity contribution in [2.75, 3.05) is 5.32 Å². The number of benzene rings is 1. The number of nitrogens with zero attached hydrogens (tertiary/aromatic N) is 2. The predicted molar refractivity (Wildman–Crippen MR) is 73.6 cm³/mol. The van der Waals surface area contributed by atoms with Crippen LogP contribution in [0.25, 0.3) is 0 Å². The molecule has 1 heterocycles. The molecule has 0 unspecified atom stereocenters. The maximum absolute atomic E-state index is 8.89. The van der Waals surface area contributed by atoms with E-state index in [1.54, 1.807) is 0 Å². The van der Waals surface area contributed by atoms with Gasteiger partial charge in [-0.3, -0.25) is 0 Å². The van der Waals surface area contributed by atoms with Crippen LogP contribution in [-0.4, -0.2) is 4.57 Å². The Labute approximate surface area is 112 Å². The van der Waals surface area contributed by atoms with Gasteiger partial charge in [-0.2, -0.15) is 5.26 Å². The molecule has 0 bridgehead atoms. The summed E-state index contributed by atoms with van der Waals surface area (Å²) < 4.78 is 1.81. The van der Waals surface area contributed by atoms with E-state index in [9.17, 15) is 0 Å². The van der Waals surface area contributed by atoms with Crippen LogP contribution in [0.1, 0.15) is 16.8 Å². The van der Waals surface area contributed by atoms with Crippen LogP contribution in [0.5, 0.6) is 0 Å². The van der Waals surface area contributed by atoms with E-state index in [1.165, 1.54) is 0 Å². The van der Waals surface area contributed by atoms with Crippen molar-refractivity contribution in [1.29, 1.82) is 5.26 Å². The summed E-state index contributed by atoms with van der Waals surface area (Å²) in [5.74, 6) is 0. The molecule has 4 heteroatoms. The van der Waals surface area contributed by atoms with Crippen LogP contribution in [0.15, 0.2) is 30.5 Å². The SMILES string of the molecule is Cc1cccc(NCc2cc(C#N)n(C)c2)c1Cl. The van der Waals surface area contributed by atoms with Crippen molar-refractivity contribution in [3.05, 3.63) is 52.3 Å². The number of rotatable bonds is 3. The zero-order valence-electron chi connectivity index (χ0n) is 10.4. The number of nitriles is 1. The molecule has 0 aliphatic carbocycles. The smallest absolute Gasteiger partial charge is 0.120 e. The average molecular weight is 260 g/mol. The highest BCUT2D eigenvalue weighted by molar-refractivity contribution is 6.33. The van der Waals surface area contributed by atoms with Gasteiger partial charge in [-0.25, -0.2) is 0 Å². The summed E-state index contributed by atoms with van der Waals surface area (Å²) in [7, 11) is 1.86. The number of halogens is 1. The van der Waals surface area contributed by atoms with Crippen LogP contribution in [0.3, 0.4) is 0 Å². The summed E-state index contributed by atoms with van der Waals surface area (Å²) in [6, 6.07) is 9.91. The van der Waals surface area contributed by atoms with Gasteiger partial charge in [0.15, 0.2) is 0 Å². The maximum Gasteiger partial charge on any atom is 0.120 e. The van der Waals surface area contributed by atoms with Crippen molar-refractivity contribution in [2.24, 2.45) is 7.05 Å². The molecule has 0 radical (unpaired) electrons. The Hall–Kier alpha value is -1.92. The van der Waals surface area contributed by atoms with Gasteiger partial charge < -0.3 is 9.88 Å². The topological polar surface area (TPSA) is 40.8 Å². The molecule has 1 aromatic carbocycles. The molecular weight excluding hydrogens is 246 g/mol. The van der Waals surface area contributed by atoms with Crippen LogP contribution in [-0.2, 0) is 13.6 Å². The highest BCUT2D eigenvalue weighted by atomic mass is 35.5. The largest absolute Gasteiger partial charge is 0.380 e. The fraction of sp³-hybridized carbons (Fsp3) is 0.214. The minimum Gasteiger partial charge on any atom is -0.380 e. The molecule has 0 saturated carbocycles. The summed E-state index contributed by atoms with van der Waals surface area (Å²) in [4.78, 5) is 0. The minimum atomic E-state index is 0.651. The normalized spacial score (nSPS) is 10.1. The summed E-state index contributed by atoms with van der Waals surface area (Å²) in [5.41, 5.74) is 3.68. The van der Waals surface area contributed by atoms with E-state index >= 15 is 0 Å². The number of aromatic nitrogens is 1. The molecule has 0 aliphatic rings. The molecular formula is C14H14ClN3. The Kier molecular flexibility index (Phi) is 3.59. The summed E-state index contributed by atoms with van der Waals surface area (Å²) >= 11 is 6.20. The molecule has 1 aromatic heterocycles. The molecule has 3 nitrogen and oxygen atoms in total. The average Bonchev–Trinajstić information content (AvgIpc) is 2.72. The summed E-state index contributed by atoms with van der Waals surface area (Å²) in [6.07, 6.45) is 1.94. The molecule has 18 heavy (non-hydrogen) atoms. The molecule has 0 saturated heterocycles. The second-order valence-corrected chi connectivity index (χ2v) is 4.62. The van der Waals surface area contributed by atoms with Crippen LogP contribution in [0.4, 0.5) is 5.69 Å². The van der Waals surface area contributed by atoms with Crippen molar-refractivity contribution in [2.45, 2.75) is 13.5 Å². The number of aryl methyl sites for hydroxylation is 2. The van der Waals surface area contributed by atoms with Gasteiger partial charge in [0, 0.05) is 19.8 Å². The Morgan fingerprint density at radius 3 is 2.89 bits per heavy atom. The van der Waals surface area contributed by atoms with Gasteiger partial charge in [0.25, 0.3) is 0 Å². The van der Waals surface area contributed by atoms with Crippen LogP contribution in [0.2, 0.25) is 5.02 Å². The molecule has 1 N–H and O–H groups in total. The Morgan fingerprint density at radius 1 is 1.44 bits per heavy atom. The van der Waals surface area contributed by atoms with E-state index in [2.05, 4.69) is 11.4 Å². The first kappa shape index (κ1) is 12.5. The number of anilines is 1. The van der Waals surface area contributed by atoms with Gasteiger partial charge in [-0.1, -0.05) is 23.7 Å². The van der Waals surface area contributed by atoms with Crippen molar-refractivity contribution in [3.8, 4) is 6.07 Å². The minimum absolute atomic E-state index is 0.651. The van der Waals surface area contributed by atoms with E-state index in [-0.39, 0.29) is 0 Å². The molecule has 0 atom stereocenters. The number of hydrogen-bond donors (Lipinski definition) is 1. The third-order valence-electron chi connectivity index (χ3n) is 2.85. The lowest BCUT2D eigenvalue weighted by atomic mass is 10.2. The van der Waals surface area contributed by atoms with Crippen LogP contribution < -0.4 is 5.32 Å². The molecule has 0 fully saturated rings. The highest BCUT2D eigenvalue weighted by Crippen LogP contribution is 2.25. The Balaban J connectivity index is 2.12. The molecule has 0 aliphatic heterocycles. The van der Waals surface area contributed by atoms with Crippen molar-refractivity contribution < 1.29 is 0 Å². The van der Waals surface area contributed by atoms with Crippen molar-refractivity contribution in [3.63, 3.8) is 0 Å². The first-order chi connectivity index (χ1) is 8.61. The van der Waals surface area contributed by atoms with E-state index in [0.29, 0.717) is 12.2 Å². The summed E-state index contributed by atoms with van der Waals surface area (Å²) in [6.45, 7) is 2.63. The van der Waals surface area contributed by atoms with Crippen LogP contribution in [0, 0.1) is 18.3 Å². The molecule has 0 spiro atoms. The molecule has 0 amide bonds. The third-order valence-corrected chi connectivity index (χ3v) is 3.35. The number of hydrogen-bond acceptors (Lipinski definition) is 2. The van der Waals surface area contributed by atoms with E-state index in [4.69, 9.17) is 16.9 Å². The maximum atomic E-state index is 8.89. The van der Waals surface area contributed by atoms with E-state index in [1.807, 2.05) is 49.0 Å². The van der Waals surface area contributed by atoms with Crippen molar-refractivity contribution >= 4 is 17.3 Å². The first-order valence-corrected chi connectivity index (χ1v) is 6.04. The molecule has 2 rings (SSSR count). The van der Waals surface area contributed by atoms with Gasteiger partial charge in [0.05, 0.1) is 10.7 Å². The lowest BCUT2D eigenvalue weighted by Gasteiger charge is -2.08. The van der Waals surface area contributed by atoms with Gasteiger partial charge in [-0.15, -0.1) is 0 Å². The third kappa shape index (κ3) is 2.49. The highest BCUT2D eigenvalue weighted by Gasteiger charge is 2.05. The quantitative estimate of drug-likeness (QED) is 0.917. The van der Waals surface area contributed by atoms with Crippen LogP contribution >= 0.6 is 11.6 Å². The zero-order chi connectivity index (χ0) is 13.1. The van der Waals surface area contributed by atoms with Gasteiger partial charge in [0.2, 0.25) is 0 Å². The zero-order valence-corrected chi connectivity index (χ0v) is 11.1. The first-order valence-electron chi connectivity index (χ1n) is 5.66. The fourth-order valence-corrected chi connectivity index (χ4v) is 2.01. The standard InChI is InChI=1S/C14H14ClN3/c1-10-4-3-5-13(14(10)15)17-8-11-6-12(7-16)18(2)9-11/h3-6,9,17H,8H2,1-2H3. The van der Waals surface area contributed by atoms with Gasteiger partial charge in [0.1, 0.15) is 11.8 Å². The second kappa shape index (κ2) is 5.16. The van der Waals surface area contributed by atoms with Crippen molar-refractivity contribution in [1.82, 2.24) is 4.57 Å². The fourth-order valence-electron chi connectivity index (χ4n) is 1.82. The van der Waals surface area contributed by atoms with Gasteiger partial charge in [-0.05, 0) is 30.2 Å². The Morgan fingerprint density at radius 2 is 2.22 bits per heavy atom. The molecule has 2 aromatic rings. The lowest BCUT2D eigenvalue weighted by molar-refractivity contribution is 0.902.